The van der Waals surface area contributed by atoms with Crippen LogP contribution in [-0.2, 0) is 6.61 Å². The zero-order valence-electron chi connectivity index (χ0n) is 10.6. The fraction of sp³-hybridized carbons (Fsp3) is 0.125. The molecule has 0 atom stereocenters. The Labute approximate surface area is 121 Å². The van der Waals surface area contributed by atoms with Crippen molar-refractivity contribution in [3.8, 4) is 17.6 Å². The lowest BCUT2D eigenvalue weighted by Gasteiger charge is -2.08. The normalized spacial score (nSPS) is 9.75. The molecule has 2 aromatic rings. The van der Waals surface area contributed by atoms with Crippen LogP contribution < -0.4 is 4.74 Å². The molecule has 0 aliphatic carbocycles. The van der Waals surface area contributed by atoms with Crippen molar-refractivity contribution < 1.29 is 14.2 Å². The summed E-state index contributed by atoms with van der Waals surface area (Å²) < 4.78 is 19.0. The van der Waals surface area contributed by atoms with Gasteiger partial charge in [0, 0.05) is 16.1 Å². The Bertz CT molecular complexity index is 659. The highest BCUT2D eigenvalue weighted by Crippen LogP contribution is 2.18. The van der Waals surface area contributed by atoms with Gasteiger partial charge in [-0.15, -0.1) is 0 Å². The molecule has 102 valence electrons. The predicted octanol–water partition coefficient (Wildman–Crippen LogP) is 3.40. The first-order chi connectivity index (χ1) is 9.69. The van der Waals surface area contributed by atoms with Crippen molar-refractivity contribution in [2.45, 2.75) is 6.61 Å². The van der Waals surface area contributed by atoms with Crippen molar-refractivity contribution in [3.63, 3.8) is 0 Å². The number of ether oxygens (including phenoxy) is 1. The lowest BCUT2D eigenvalue weighted by molar-refractivity contribution is 0.300. The van der Waals surface area contributed by atoms with Crippen molar-refractivity contribution in [1.29, 1.82) is 0 Å². The average Bonchev–Trinajstić information content (AvgIpc) is 2.46. The minimum Gasteiger partial charge on any atom is -0.489 e. The van der Waals surface area contributed by atoms with Gasteiger partial charge in [-0.2, -0.15) is 0 Å². The van der Waals surface area contributed by atoms with Crippen LogP contribution in [0.1, 0.15) is 11.1 Å². The second-order valence-electron chi connectivity index (χ2n) is 4.01. The van der Waals surface area contributed by atoms with Gasteiger partial charge in [0.2, 0.25) is 0 Å². The summed E-state index contributed by atoms with van der Waals surface area (Å²) in [4.78, 5) is 0. The number of hydrogen-bond donors (Lipinski definition) is 1. The largest absolute Gasteiger partial charge is 0.489 e. The van der Waals surface area contributed by atoms with E-state index in [0.29, 0.717) is 16.3 Å². The molecule has 1 N–H and O–H groups in total. The zero-order valence-corrected chi connectivity index (χ0v) is 11.3. The second-order valence-corrected chi connectivity index (χ2v) is 4.45. The average molecular weight is 291 g/mol. The SMILES string of the molecule is OCC#Cc1cccc(OCc2cc(Cl)ccc2F)c1. The third-order valence-corrected chi connectivity index (χ3v) is 2.78. The van der Waals surface area contributed by atoms with Crippen LogP contribution in [0.15, 0.2) is 42.5 Å². The Morgan fingerprint density at radius 2 is 2.05 bits per heavy atom. The maximum absolute atomic E-state index is 13.5. The lowest BCUT2D eigenvalue weighted by Crippen LogP contribution is -1.98. The molecular formula is C16H12ClFO2. The number of aliphatic hydroxyl groups is 1. The Hall–Kier alpha value is -2.02. The Morgan fingerprint density at radius 1 is 1.20 bits per heavy atom. The van der Waals surface area contributed by atoms with Crippen molar-refractivity contribution in [3.05, 3.63) is 64.4 Å². The van der Waals surface area contributed by atoms with E-state index in [1.54, 1.807) is 24.3 Å². The summed E-state index contributed by atoms with van der Waals surface area (Å²) in [5.41, 5.74) is 1.12. The van der Waals surface area contributed by atoms with Crippen LogP contribution in [0.5, 0.6) is 5.75 Å². The third-order valence-electron chi connectivity index (χ3n) is 2.55. The lowest BCUT2D eigenvalue weighted by atomic mass is 10.2. The summed E-state index contributed by atoms with van der Waals surface area (Å²) in [5, 5.41) is 9.11. The molecule has 0 spiro atoms. The van der Waals surface area contributed by atoms with E-state index in [0.717, 1.165) is 5.56 Å². The van der Waals surface area contributed by atoms with Crippen LogP contribution in [0.2, 0.25) is 5.02 Å². The molecule has 2 nitrogen and oxygen atoms in total. The summed E-state index contributed by atoms with van der Waals surface area (Å²) in [6.07, 6.45) is 0. The number of rotatable bonds is 3. The summed E-state index contributed by atoms with van der Waals surface area (Å²) in [5.74, 6) is 5.55. The quantitative estimate of drug-likeness (QED) is 0.878. The van der Waals surface area contributed by atoms with E-state index in [9.17, 15) is 4.39 Å². The molecule has 4 heteroatoms. The van der Waals surface area contributed by atoms with E-state index in [4.69, 9.17) is 21.4 Å². The van der Waals surface area contributed by atoms with Gasteiger partial charge in [0.1, 0.15) is 24.8 Å². The highest BCUT2D eigenvalue weighted by atomic mass is 35.5. The van der Waals surface area contributed by atoms with E-state index in [1.807, 2.05) is 0 Å². The van der Waals surface area contributed by atoms with Gasteiger partial charge in [-0.05, 0) is 36.4 Å². The first-order valence-corrected chi connectivity index (χ1v) is 6.33. The van der Waals surface area contributed by atoms with E-state index in [2.05, 4.69) is 11.8 Å². The molecule has 0 aromatic heterocycles. The van der Waals surface area contributed by atoms with Crippen molar-refractivity contribution in [1.82, 2.24) is 0 Å². The summed E-state index contributed by atoms with van der Waals surface area (Å²) in [7, 11) is 0. The van der Waals surface area contributed by atoms with Crippen molar-refractivity contribution in [2.24, 2.45) is 0 Å². The molecule has 0 heterocycles. The monoisotopic (exact) mass is 290 g/mol. The number of hydrogen-bond acceptors (Lipinski definition) is 2. The molecular weight excluding hydrogens is 279 g/mol. The van der Waals surface area contributed by atoms with Crippen LogP contribution in [-0.4, -0.2) is 11.7 Å². The first-order valence-electron chi connectivity index (χ1n) is 5.95. The van der Waals surface area contributed by atoms with Crippen LogP contribution in [0.3, 0.4) is 0 Å². The zero-order chi connectivity index (χ0) is 14.4. The molecule has 0 saturated heterocycles. The summed E-state index contributed by atoms with van der Waals surface area (Å²) >= 11 is 5.82. The molecule has 0 bridgehead atoms. The van der Waals surface area contributed by atoms with E-state index in [1.165, 1.54) is 18.2 Å². The maximum atomic E-state index is 13.5. The summed E-state index contributed by atoms with van der Waals surface area (Å²) in [6, 6.07) is 11.4. The molecule has 0 radical (unpaired) electrons. The molecule has 0 saturated carbocycles. The minimum atomic E-state index is -0.356. The summed E-state index contributed by atoms with van der Waals surface area (Å²) in [6.45, 7) is -0.109. The smallest absolute Gasteiger partial charge is 0.129 e. The Morgan fingerprint density at radius 3 is 2.85 bits per heavy atom. The highest BCUT2D eigenvalue weighted by Gasteiger charge is 2.04. The van der Waals surface area contributed by atoms with Gasteiger partial charge in [0.15, 0.2) is 0 Å². The van der Waals surface area contributed by atoms with Crippen LogP contribution in [0.4, 0.5) is 4.39 Å². The van der Waals surface area contributed by atoms with Gasteiger partial charge in [-0.3, -0.25) is 0 Å². The fourth-order valence-corrected chi connectivity index (χ4v) is 1.81. The minimum absolute atomic E-state index is 0.0866. The van der Waals surface area contributed by atoms with Gasteiger partial charge < -0.3 is 9.84 Å². The van der Waals surface area contributed by atoms with Gasteiger partial charge in [-0.1, -0.05) is 29.5 Å². The van der Waals surface area contributed by atoms with Crippen molar-refractivity contribution in [2.75, 3.05) is 6.61 Å². The Balaban J connectivity index is 2.09. The van der Waals surface area contributed by atoms with Crippen LogP contribution in [0, 0.1) is 17.7 Å². The molecule has 0 unspecified atom stereocenters. The molecule has 0 fully saturated rings. The van der Waals surface area contributed by atoms with Crippen molar-refractivity contribution >= 4 is 11.6 Å². The number of aliphatic hydroxyl groups excluding tert-OH is 1. The molecule has 0 aliphatic rings. The second kappa shape index (κ2) is 6.95. The predicted molar refractivity (Wildman–Crippen MR) is 76.1 cm³/mol. The van der Waals surface area contributed by atoms with Crippen LogP contribution in [0.25, 0.3) is 0 Å². The number of halogens is 2. The van der Waals surface area contributed by atoms with Gasteiger partial charge >= 0.3 is 0 Å². The van der Waals surface area contributed by atoms with E-state index in [-0.39, 0.29) is 19.0 Å². The fourth-order valence-electron chi connectivity index (χ4n) is 1.62. The van der Waals surface area contributed by atoms with E-state index >= 15 is 0 Å². The van der Waals surface area contributed by atoms with E-state index < -0.39 is 0 Å². The molecule has 2 aromatic carbocycles. The van der Waals surface area contributed by atoms with Gasteiger partial charge in [-0.25, -0.2) is 4.39 Å². The number of benzene rings is 2. The first kappa shape index (κ1) is 14.4. The van der Waals surface area contributed by atoms with Gasteiger partial charge in [0.05, 0.1) is 0 Å². The Kier molecular flexibility index (Phi) is 5.00. The molecule has 0 aliphatic heterocycles. The molecule has 0 amide bonds. The highest BCUT2D eigenvalue weighted by molar-refractivity contribution is 6.30. The maximum Gasteiger partial charge on any atom is 0.129 e. The molecule has 2 rings (SSSR count). The standard InChI is InChI=1S/C16H12ClFO2/c17-14-6-7-16(18)13(10-14)11-20-15-5-1-3-12(9-15)4-2-8-19/h1,3,5-7,9-10,19H,8,11H2. The van der Waals surface area contributed by atoms with Crippen LogP contribution >= 0.6 is 11.6 Å². The van der Waals surface area contributed by atoms with Gasteiger partial charge in [0.25, 0.3) is 0 Å². The third kappa shape index (κ3) is 3.99. The molecule has 20 heavy (non-hydrogen) atoms. The topological polar surface area (TPSA) is 29.5 Å².